The van der Waals surface area contributed by atoms with Crippen LogP contribution in [0.3, 0.4) is 0 Å². The summed E-state index contributed by atoms with van der Waals surface area (Å²) < 4.78 is 1.20. The summed E-state index contributed by atoms with van der Waals surface area (Å²) in [7, 11) is 0. The quantitative estimate of drug-likeness (QED) is 0.782. The second kappa shape index (κ2) is 5.13. The van der Waals surface area contributed by atoms with Crippen molar-refractivity contribution in [2.24, 2.45) is 0 Å². The molecule has 0 saturated heterocycles. The van der Waals surface area contributed by atoms with Gasteiger partial charge in [0.1, 0.15) is 0 Å². The second-order valence-corrected chi connectivity index (χ2v) is 4.49. The molecule has 0 aliphatic heterocycles. The van der Waals surface area contributed by atoms with E-state index in [0.717, 1.165) is 0 Å². The van der Waals surface area contributed by atoms with Crippen molar-refractivity contribution in [3.8, 4) is 16.9 Å². The van der Waals surface area contributed by atoms with E-state index in [9.17, 15) is 14.7 Å². The van der Waals surface area contributed by atoms with Crippen LogP contribution >= 0.6 is 0 Å². The number of carboxylic acids is 1. The average molecular weight is 279 g/mol. The van der Waals surface area contributed by atoms with Crippen molar-refractivity contribution in [3.05, 3.63) is 76.6 Å². The molecule has 0 bridgehead atoms. The topological polar surface area (TPSA) is 77.9 Å². The van der Waals surface area contributed by atoms with E-state index >= 15 is 0 Å². The van der Waals surface area contributed by atoms with Crippen LogP contribution < -0.4 is 10.7 Å². The van der Waals surface area contributed by atoms with Crippen LogP contribution in [0.2, 0.25) is 0 Å². The fraction of sp³-hybridized carbons (Fsp3) is 0. The lowest BCUT2D eigenvalue weighted by molar-refractivity contribution is -0.255. The maximum Gasteiger partial charge on any atom is 0.280 e. The highest BCUT2D eigenvalue weighted by atomic mass is 16.4. The Kier molecular flexibility index (Phi) is 3.16. The Labute approximate surface area is 120 Å². The van der Waals surface area contributed by atoms with Crippen LogP contribution in [0.5, 0.6) is 0 Å². The Morgan fingerprint density at radius 1 is 0.952 bits per heavy atom. The van der Waals surface area contributed by atoms with Gasteiger partial charge in [-0.05, 0) is 12.1 Å². The molecule has 0 aliphatic rings. The van der Waals surface area contributed by atoms with Crippen LogP contribution in [0.4, 0.5) is 0 Å². The smallest absolute Gasteiger partial charge is 0.280 e. The fourth-order valence-electron chi connectivity index (χ4n) is 2.20. The lowest BCUT2D eigenvalue weighted by Crippen LogP contribution is -2.30. The third-order valence-corrected chi connectivity index (χ3v) is 3.17. The molecule has 0 atom stereocenters. The Balaban J connectivity index is 2.27. The van der Waals surface area contributed by atoms with Gasteiger partial charge in [0.25, 0.3) is 5.56 Å². The largest absolute Gasteiger partial charge is 0.545 e. The predicted molar refractivity (Wildman–Crippen MR) is 76.2 cm³/mol. The zero-order valence-corrected chi connectivity index (χ0v) is 10.9. The summed E-state index contributed by atoms with van der Waals surface area (Å²) in [4.78, 5) is 23.6. The Morgan fingerprint density at radius 2 is 1.52 bits per heavy atom. The predicted octanol–water partition coefficient (Wildman–Crippen LogP) is 1.20. The number of carbonyl (C=O) groups is 1. The lowest BCUT2D eigenvalue weighted by Gasteiger charge is -2.02. The van der Waals surface area contributed by atoms with E-state index < -0.39 is 11.5 Å². The molecule has 1 heterocycles. The normalized spacial score (nSPS) is 10.5. The SMILES string of the molecule is O=C([O-])c1c(-c2ccccc2)[nH]n(-c2ccccc2)c1=O. The van der Waals surface area contributed by atoms with Gasteiger partial charge in [-0.1, -0.05) is 48.5 Å². The van der Waals surface area contributed by atoms with Gasteiger partial charge in [-0.15, -0.1) is 0 Å². The molecule has 3 aromatic rings. The molecule has 1 N–H and O–H groups in total. The zero-order valence-electron chi connectivity index (χ0n) is 10.9. The third kappa shape index (κ3) is 2.25. The molecular weight excluding hydrogens is 268 g/mol. The Bertz CT molecular complexity index is 833. The first-order valence-electron chi connectivity index (χ1n) is 6.35. The van der Waals surface area contributed by atoms with E-state index in [2.05, 4.69) is 5.10 Å². The van der Waals surface area contributed by atoms with Crippen LogP contribution in [0.15, 0.2) is 65.5 Å². The molecule has 0 unspecified atom stereocenters. The minimum atomic E-state index is -1.50. The number of hydrogen-bond donors (Lipinski definition) is 1. The number of nitrogens with one attached hydrogen (secondary N) is 1. The monoisotopic (exact) mass is 279 g/mol. The van der Waals surface area contributed by atoms with Gasteiger partial charge >= 0.3 is 0 Å². The number of benzene rings is 2. The minimum absolute atomic E-state index is 0.240. The molecule has 0 saturated carbocycles. The first-order valence-corrected chi connectivity index (χ1v) is 6.35. The number of hydrogen-bond acceptors (Lipinski definition) is 3. The van der Waals surface area contributed by atoms with Crippen molar-refractivity contribution in [1.82, 2.24) is 9.78 Å². The standard InChI is InChI=1S/C16H12N2O3/c19-15-13(16(20)21)14(11-7-3-1-4-8-11)17-18(15)12-9-5-2-6-10-12/h1-10,17H,(H,20,21)/p-1. The Hall–Kier alpha value is -3.08. The average Bonchev–Trinajstić information content (AvgIpc) is 2.87. The van der Waals surface area contributed by atoms with Crippen LogP contribution in [0, 0.1) is 0 Å². The molecule has 0 spiro atoms. The summed E-state index contributed by atoms with van der Waals surface area (Å²) in [6, 6.07) is 17.6. The first-order chi connectivity index (χ1) is 10.2. The van der Waals surface area contributed by atoms with E-state index in [-0.39, 0.29) is 11.3 Å². The first kappa shape index (κ1) is 12.9. The molecule has 0 aliphatic carbocycles. The van der Waals surface area contributed by atoms with Gasteiger partial charge in [0.05, 0.1) is 22.9 Å². The van der Waals surface area contributed by atoms with Gasteiger partial charge in [0, 0.05) is 5.56 Å². The molecule has 21 heavy (non-hydrogen) atoms. The molecule has 5 nitrogen and oxygen atoms in total. The zero-order chi connectivity index (χ0) is 14.8. The van der Waals surface area contributed by atoms with Gasteiger partial charge < -0.3 is 9.90 Å². The highest BCUT2D eigenvalue weighted by Gasteiger charge is 2.17. The molecule has 1 aromatic heterocycles. The summed E-state index contributed by atoms with van der Waals surface area (Å²) in [5.74, 6) is -1.50. The van der Waals surface area contributed by atoms with Gasteiger partial charge in [-0.3, -0.25) is 9.89 Å². The van der Waals surface area contributed by atoms with E-state index in [1.807, 2.05) is 12.1 Å². The van der Waals surface area contributed by atoms with Crippen LogP contribution in [-0.2, 0) is 0 Å². The molecule has 104 valence electrons. The summed E-state index contributed by atoms with van der Waals surface area (Å²) >= 11 is 0. The summed E-state index contributed by atoms with van der Waals surface area (Å²) in [6.45, 7) is 0. The molecule has 5 heteroatoms. The number of H-pyrrole nitrogens is 1. The summed E-state index contributed by atoms with van der Waals surface area (Å²) in [6.07, 6.45) is 0. The number of aromatic amines is 1. The number of carboxylic acid groups (broad SMARTS) is 1. The van der Waals surface area contributed by atoms with Crippen molar-refractivity contribution in [3.63, 3.8) is 0 Å². The number of nitrogens with zero attached hydrogens (tertiary/aromatic N) is 1. The van der Waals surface area contributed by atoms with E-state index in [4.69, 9.17) is 0 Å². The molecular formula is C16H11N2O3-. The summed E-state index contributed by atoms with van der Waals surface area (Å²) in [5.41, 5.74) is 0.408. The van der Waals surface area contributed by atoms with Crippen LogP contribution in [0.25, 0.3) is 16.9 Å². The van der Waals surface area contributed by atoms with Crippen LogP contribution in [-0.4, -0.2) is 15.7 Å². The van der Waals surface area contributed by atoms with Crippen LogP contribution in [0.1, 0.15) is 10.4 Å². The van der Waals surface area contributed by atoms with Crippen molar-refractivity contribution < 1.29 is 9.90 Å². The number of para-hydroxylation sites is 1. The van der Waals surface area contributed by atoms with Crippen molar-refractivity contribution in [1.29, 1.82) is 0 Å². The highest BCUT2D eigenvalue weighted by Crippen LogP contribution is 2.20. The summed E-state index contributed by atoms with van der Waals surface area (Å²) in [5, 5.41) is 14.2. The lowest BCUT2D eigenvalue weighted by atomic mass is 10.1. The van der Waals surface area contributed by atoms with Gasteiger partial charge in [-0.25, -0.2) is 4.68 Å². The van der Waals surface area contributed by atoms with Gasteiger partial charge in [0.15, 0.2) is 0 Å². The van der Waals surface area contributed by atoms with E-state index in [1.165, 1.54) is 4.68 Å². The molecule has 0 amide bonds. The van der Waals surface area contributed by atoms with Gasteiger partial charge in [-0.2, -0.15) is 0 Å². The van der Waals surface area contributed by atoms with Crippen molar-refractivity contribution >= 4 is 5.97 Å². The number of rotatable bonds is 3. The third-order valence-electron chi connectivity index (χ3n) is 3.17. The number of aromatic carboxylic acids is 1. The maximum absolute atomic E-state index is 12.3. The second-order valence-electron chi connectivity index (χ2n) is 4.49. The van der Waals surface area contributed by atoms with E-state index in [1.54, 1.807) is 48.5 Å². The number of aromatic nitrogens is 2. The molecule has 0 fully saturated rings. The Morgan fingerprint density at radius 3 is 2.10 bits per heavy atom. The van der Waals surface area contributed by atoms with Crippen molar-refractivity contribution in [2.45, 2.75) is 0 Å². The van der Waals surface area contributed by atoms with Gasteiger partial charge in [0.2, 0.25) is 0 Å². The number of carbonyl (C=O) groups excluding carboxylic acids is 1. The fourth-order valence-corrected chi connectivity index (χ4v) is 2.20. The molecule has 2 aromatic carbocycles. The minimum Gasteiger partial charge on any atom is -0.545 e. The highest BCUT2D eigenvalue weighted by molar-refractivity contribution is 5.93. The molecule has 0 radical (unpaired) electrons. The van der Waals surface area contributed by atoms with Crippen molar-refractivity contribution in [2.75, 3.05) is 0 Å². The molecule has 3 rings (SSSR count). The van der Waals surface area contributed by atoms with E-state index in [0.29, 0.717) is 11.3 Å². The maximum atomic E-state index is 12.3.